The summed E-state index contributed by atoms with van der Waals surface area (Å²) in [5.41, 5.74) is 4.72. The molecule has 4 nitrogen and oxygen atoms in total. The fourth-order valence-corrected chi connectivity index (χ4v) is 3.91. The van der Waals surface area contributed by atoms with Crippen LogP contribution in [-0.2, 0) is 13.2 Å². The molecule has 0 aliphatic heterocycles. The average molecular weight is 413 g/mol. The van der Waals surface area contributed by atoms with Crippen LogP contribution in [0.5, 0.6) is 5.75 Å². The van der Waals surface area contributed by atoms with Crippen molar-refractivity contribution in [3.05, 3.63) is 101 Å². The summed E-state index contributed by atoms with van der Waals surface area (Å²) in [4.78, 5) is 5.80. The molecule has 0 aliphatic rings. The number of para-hydroxylation sites is 3. The second kappa shape index (κ2) is 8.43. The first-order valence-corrected chi connectivity index (χ1v) is 10.7. The summed E-state index contributed by atoms with van der Waals surface area (Å²) in [5, 5.41) is 5.56. The number of hydrogen-bond donors (Lipinski definition) is 1. The van der Waals surface area contributed by atoms with E-state index >= 15 is 0 Å². The summed E-state index contributed by atoms with van der Waals surface area (Å²) in [6.45, 7) is 1.25. The lowest BCUT2D eigenvalue weighted by molar-refractivity contribution is 0.307. The van der Waals surface area contributed by atoms with Gasteiger partial charge in [-0.2, -0.15) is 0 Å². The Kier molecular flexibility index (Phi) is 5.19. The minimum absolute atomic E-state index is 0.585. The molecule has 0 aliphatic carbocycles. The number of benzene rings is 3. The highest BCUT2D eigenvalue weighted by Gasteiger charge is 2.09. The number of rotatable bonds is 7. The van der Waals surface area contributed by atoms with Crippen LogP contribution in [0.15, 0.2) is 94.7 Å². The highest BCUT2D eigenvalue weighted by molar-refractivity contribution is 7.09. The number of fused-ring (bicyclic) bond motifs is 1. The molecule has 0 bridgehead atoms. The van der Waals surface area contributed by atoms with Crippen molar-refractivity contribution in [3.8, 4) is 17.2 Å². The summed E-state index contributed by atoms with van der Waals surface area (Å²) in [6, 6.07) is 28.2. The summed E-state index contributed by atoms with van der Waals surface area (Å²) < 4.78 is 11.9. The lowest BCUT2D eigenvalue weighted by atomic mass is 10.1. The van der Waals surface area contributed by atoms with Gasteiger partial charge in [0, 0.05) is 28.2 Å². The molecule has 30 heavy (non-hydrogen) atoms. The molecule has 1 N–H and O–H groups in total. The van der Waals surface area contributed by atoms with E-state index < -0.39 is 0 Å². The van der Waals surface area contributed by atoms with E-state index in [2.05, 4.69) is 33.9 Å². The van der Waals surface area contributed by atoms with E-state index in [0.717, 1.165) is 33.7 Å². The number of thiophene rings is 1. The zero-order valence-electron chi connectivity index (χ0n) is 16.2. The summed E-state index contributed by atoms with van der Waals surface area (Å²) in [5.74, 6) is 1.52. The van der Waals surface area contributed by atoms with Crippen molar-refractivity contribution in [1.82, 2.24) is 4.98 Å². The molecular weight excluding hydrogens is 392 g/mol. The molecule has 148 valence electrons. The molecule has 0 amide bonds. The Morgan fingerprint density at radius 2 is 1.80 bits per heavy atom. The third-order valence-electron chi connectivity index (χ3n) is 4.81. The summed E-state index contributed by atoms with van der Waals surface area (Å²) in [6.07, 6.45) is 0. The Hall–Kier alpha value is -3.57. The largest absolute Gasteiger partial charge is 0.488 e. The summed E-state index contributed by atoms with van der Waals surface area (Å²) >= 11 is 1.70. The number of oxazole rings is 1. The van der Waals surface area contributed by atoms with Gasteiger partial charge in [-0.1, -0.05) is 42.5 Å². The molecule has 0 saturated carbocycles. The van der Waals surface area contributed by atoms with Crippen LogP contribution >= 0.6 is 11.3 Å². The zero-order valence-corrected chi connectivity index (χ0v) is 17.1. The Balaban J connectivity index is 1.31. The van der Waals surface area contributed by atoms with Gasteiger partial charge in [0.15, 0.2) is 5.58 Å². The van der Waals surface area contributed by atoms with E-state index in [1.807, 2.05) is 66.7 Å². The monoisotopic (exact) mass is 412 g/mol. The van der Waals surface area contributed by atoms with Crippen molar-refractivity contribution in [2.45, 2.75) is 13.2 Å². The SMILES string of the molecule is c1cc(NCc2ccccc2OCc2cccs2)cc(-c2nc3ccccc3o2)c1. The molecule has 5 heteroatoms. The Labute approximate surface area is 178 Å². The first-order valence-electron chi connectivity index (χ1n) is 9.78. The molecule has 5 rings (SSSR count). The van der Waals surface area contributed by atoms with E-state index in [0.29, 0.717) is 19.0 Å². The maximum atomic E-state index is 6.04. The van der Waals surface area contributed by atoms with Crippen molar-refractivity contribution in [3.63, 3.8) is 0 Å². The van der Waals surface area contributed by atoms with Crippen molar-refractivity contribution < 1.29 is 9.15 Å². The minimum atomic E-state index is 0.585. The molecule has 2 aromatic heterocycles. The van der Waals surface area contributed by atoms with E-state index in [9.17, 15) is 0 Å². The van der Waals surface area contributed by atoms with Crippen LogP contribution in [0, 0.1) is 0 Å². The van der Waals surface area contributed by atoms with Crippen molar-refractivity contribution in [2.75, 3.05) is 5.32 Å². The van der Waals surface area contributed by atoms with E-state index in [1.54, 1.807) is 11.3 Å². The second-order valence-corrected chi connectivity index (χ2v) is 7.93. The smallest absolute Gasteiger partial charge is 0.227 e. The van der Waals surface area contributed by atoms with Gasteiger partial charge in [-0.15, -0.1) is 11.3 Å². The van der Waals surface area contributed by atoms with Gasteiger partial charge in [0.05, 0.1) is 0 Å². The number of aromatic nitrogens is 1. The Morgan fingerprint density at radius 1 is 0.900 bits per heavy atom. The molecule has 5 aromatic rings. The highest BCUT2D eigenvalue weighted by atomic mass is 32.1. The van der Waals surface area contributed by atoms with Gasteiger partial charge in [-0.25, -0.2) is 4.98 Å². The van der Waals surface area contributed by atoms with Gasteiger partial charge in [0.1, 0.15) is 17.9 Å². The molecule has 0 radical (unpaired) electrons. The number of nitrogens with one attached hydrogen (secondary N) is 1. The molecule has 0 saturated heterocycles. The minimum Gasteiger partial charge on any atom is -0.488 e. The maximum Gasteiger partial charge on any atom is 0.227 e. The lowest BCUT2D eigenvalue weighted by Crippen LogP contribution is -2.03. The topological polar surface area (TPSA) is 47.3 Å². The van der Waals surface area contributed by atoms with Crippen molar-refractivity contribution in [2.24, 2.45) is 0 Å². The second-order valence-electron chi connectivity index (χ2n) is 6.90. The first-order chi connectivity index (χ1) is 14.8. The number of nitrogens with zero attached hydrogens (tertiary/aromatic N) is 1. The van der Waals surface area contributed by atoms with Crippen LogP contribution in [0.1, 0.15) is 10.4 Å². The van der Waals surface area contributed by atoms with Crippen LogP contribution in [0.2, 0.25) is 0 Å². The Bertz CT molecular complexity index is 1230. The maximum absolute atomic E-state index is 6.04. The van der Waals surface area contributed by atoms with Crippen LogP contribution in [0.25, 0.3) is 22.6 Å². The molecule has 3 aromatic carbocycles. The number of anilines is 1. The third kappa shape index (κ3) is 4.07. The predicted molar refractivity (Wildman–Crippen MR) is 122 cm³/mol. The normalized spacial score (nSPS) is 10.9. The van der Waals surface area contributed by atoms with Gasteiger partial charge >= 0.3 is 0 Å². The van der Waals surface area contributed by atoms with Crippen LogP contribution in [-0.4, -0.2) is 4.98 Å². The molecular formula is C25H20N2O2S. The molecule has 0 fully saturated rings. The average Bonchev–Trinajstić information content (AvgIpc) is 3.47. The van der Waals surface area contributed by atoms with Gasteiger partial charge < -0.3 is 14.5 Å². The van der Waals surface area contributed by atoms with E-state index in [4.69, 9.17) is 9.15 Å². The predicted octanol–water partition coefficient (Wildman–Crippen LogP) is 6.75. The quantitative estimate of drug-likeness (QED) is 0.321. The fraction of sp³-hybridized carbons (Fsp3) is 0.0800. The number of hydrogen-bond acceptors (Lipinski definition) is 5. The van der Waals surface area contributed by atoms with Crippen LogP contribution in [0.3, 0.4) is 0 Å². The molecule has 0 atom stereocenters. The molecule has 2 heterocycles. The van der Waals surface area contributed by atoms with Gasteiger partial charge in [0.2, 0.25) is 5.89 Å². The molecule has 0 spiro atoms. The standard InChI is InChI=1S/C25H20N2O2S/c1-3-12-23(28-17-21-10-6-14-30-21)19(7-1)16-26-20-9-5-8-18(15-20)25-27-22-11-2-4-13-24(22)29-25/h1-15,26H,16-17H2. The van der Waals surface area contributed by atoms with Crippen LogP contribution < -0.4 is 10.1 Å². The van der Waals surface area contributed by atoms with E-state index in [-0.39, 0.29) is 0 Å². The zero-order chi connectivity index (χ0) is 20.2. The Morgan fingerprint density at radius 3 is 2.70 bits per heavy atom. The third-order valence-corrected chi connectivity index (χ3v) is 5.66. The van der Waals surface area contributed by atoms with Crippen molar-refractivity contribution >= 4 is 28.1 Å². The molecule has 0 unspecified atom stereocenters. The lowest BCUT2D eigenvalue weighted by Gasteiger charge is -2.13. The number of ether oxygens (including phenoxy) is 1. The van der Waals surface area contributed by atoms with Gasteiger partial charge in [0.25, 0.3) is 0 Å². The van der Waals surface area contributed by atoms with Crippen LogP contribution in [0.4, 0.5) is 5.69 Å². The summed E-state index contributed by atoms with van der Waals surface area (Å²) in [7, 11) is 0. The van der Waals surface area contributed by atoms with Crippen molar-refractivity contribution in [1.29, 1.82) is 0 Å². The fourth-order valence-electron chi connectivity index (χ4n) is 3.29. The highest BCUT2D eigenvalue weighted by Crippen LogP contribution is 2.27. The first kappa shape index (κ1) is 18.5. The van der Waals surface area contributed by atoms with E-state index in [1.165, 1.54) is 4.88 Å². The van der Waals surface area contributed by atoms with Gasteiger partial charge in [-0.05, 0) is 47.8 Å². The van der Waals surface area contributed by atoms with Gasteiger partial charge in [-0.3, -0.25) is 0 Å².